The Hall–Kier alpha value is -1.95. The van der Waals surface area contributed by atoms with Gasteiger partial charge < -0.3 is 59.2 Å². The Kier molecular flexibility index (Phi) is 18.3. The van der Waals surface area contributed by atoms with Crippen molar-refractivity contribution in [1.82, 2.24) is 25.3 Å². The maximum atomic E-state index is 14.0. The number of methoxy groups -OCH3 is 1. The van der Waals surface area contributed by atoms with Crippen molar-refractivity contribution in [1.29, 1.82) is 0 Å². The molecule has 0 spiro atoms. The molecule has 3 rings (SSSR count). The van der Waals surface area contributed by atoms with E-state index in [-0.39, 0.29) is 42.4 Å². The van der Waals surface area contributed by atoms with Gasteiger partial charge in [-0.3, -0.25) is 14.4 Å². The minimum Gasteiger partial charge on any atom is -0.388 e. The van der Waals surface area contributed by atoms with Gasteiger partial charge in [-0.25, -0.2) is 0 Å². The summed E-state index contributed by atoms with van der Waals surface area (Å²) >= 11 is 0. The summed E-state index contributed by atoms with van der Waals surface area (Å²) in [5, 5.41) is 29.6. The van der Waals surface area contributed by atoms with Crippen LogP contribution in [-0.4, -0.2) is 178 Å². The van der Waals surface area contributed by atoms with Crippen LogP contribution in [0.3, 0.4) is 0 Å². The van der Waals surface area contributed by atoms with Gasteiger partial charge >= 0.3 is 0 Å². The Bertz CT molecular complexity index is 1220. The van der Waals surface area contributed by atoms with Gasteiger partial charge in [-0.1, -0.05) is 20.8 Å². The fraction of sp³-hybridized carbons (Fsp3) is 0.925. The van der Waals surface area contributed by atoms with E-state index < -0.39 is 59.7 Å². The molecule has 0 saturated carbocycles. The Morgan fingerprint density at radius 1 is 1.11 bits per heavy atom. The average Bonchev–Trinajstić information content (AvgIpc) is 3.09. The zero-order valence-electron chi connectivity index (χ0n) is 35.8. The molecule has 320 valence electrons. The van der Waals surface area contributed by atoms with Gasteiger partial charge in [-0.2, -0.15) is 0 Å². The van der Waals surface area contributed by atoms with Crippen molar-refractivity contribution < 1.29 is 48.3 Å². The zero-order chi connectivity index (χ0) is 41.2. The number of carbonyl (C=O) groups excluding carboxylic acids is 3. The van der Waals surface area contributed by atoms with E-state index in [4.69, 9.17) is 23.7 Å². The molecule has 0 aromatic rings. The van der Waals surface area contributed by atoms with Crippen LogP contribution < -0.4 is 10.6 Å². The van der Waals surface area contributed by atoms with Crippen molar-refractivity contribution in [2.45, 2.75) is 134 Å². The largest absolute Gasteiger partial charge is 0.388 e. The van der Waals surface area contributed by atoms with Crippen LogP contribution in [0, 0.1) is 23.7 Å². The monoisotopic (exact) mass is 786 g/mol. The molecule has 3 aliphatic heterocycles. The molecular formula is C40H75N5O10. The highest BCUT2D eigenvalue weighted by Gasteiger charge is 2.52. The molecule has 0 bridgehead atoms. The summed E-state index contributed by atoms with van der Waals surface area (Å²) in [5.74, 6) is -1.95. The highest BCUT2D eigenvalue weighted by molar-refractivity contribution is 5.79. The summed E-state index contributed by atoms with van der Waals surface area (Å²) in [5.41, 5.74) is -2.38. The first-order valence-corrected chi connectivity index (χ1v) is 20.3. The molecule has 13 atom stereocenters. The van der Waals surface area contributed by atoms with Crippen LogP contribution in [0.25, 0.3) is 0 Å². The number of rotatable bonds is 12. The minimum atomic E-state index is -1.46. The molecule has 0 aromatic heterocycles. The van der Waals surface area contributed by atoms with Gasteiger partial charge in [0.15, 0.2) is 6.29 Å². The number of amides is 3. The number of aliphatic hydroxyl groups is 2. The average molecular weight is 786 g/mol. The molecule has 3 fully saturated rings. The van der Waals surface area contributed by atoms with Crippen LogP contribution >= 0.6 is 0 Å². The van der Waals surface area contributed by atoms with Crippen molar-refractivity contribution >= 4 is 17.7 Å². The van der Waals surface area contributed by atoms with Crippen molar-refractivity contribution in [3.63, 3.8) is 0 Å². The summed E-state index contributed by atoms with van der Waals surface area (Å²) in [6.07, 6.45) is -1.20. The van der Waals surface area contributed by atoms with E-state index in [1.54, 1.807) is 26.0 Å². The predicted octanol–water partition coefficient (Wildman–Crippen LogP) is 1.48. The van der Waals surface area contributed by atoms with Crippen LogP contribution in [0.1, 0.15) is 80.1 Å². The lowest BCUT2D eigenvalue weighted by atomic mass is 9.68. The molecule has 0 aliphatic carbocycles. The number of aliphatic hydroxyl groups excluding tert-OH is 1. The molecule has 1 unspecified atom stereocenters. The van der Waals surface area contributed by atoms with Gasteiger partial charge in [0, 0.05) is 71.1 Å². The van der Waals surface area contributed by atoms with Crippen molar-refractivity contribution in [3.8, 4) is 0 Å². The molecule has 55 heavy (non-hydrogen) atoms. The highest BCUT2D eigenvalue weighted by atomic mass is 16.7. The van der Waals surface area contributed by atoms with E-state index in [1.165, 1.54) is 0 Å². The summed E-state index contributed by atoms with van der Waals surface area (Å²) in [6.45, 7) is 13.4. The van der Waals surface area contributed by atoms with Crippen LogP contribution in [0.5, 0.6) is 0 Å². The second-order valence-corrected chi connectivity index (χ2v) is 17.6. The summed E-state index contributed by atoms with van der Waals surface area (Å²) in [6, 6.07) is -0.0794. The normalized spacial score (nSPS) is 39.1. The number of ether oxygens (including phenoxy) is 5. The fourth-order valence-corrected chi connectivity index (χ4v) is 8.87. The van der Waals surface area contributed by atoms with Gasteiger partial charge in [0.1, 0.15) is 12.2 Å². The smallest absolute Gasteiger partial charge is 0.234 e. The number of nitrogens with zero attached hydrogens (tertiary/aromatic N) is 3. The quantitative estimate of drug-likeness (QED) is 0.211. The van der Waals surface area contributed by atoms with Crippen molar-refractivity contribution in [2.75, 3.05) is 81.7 Å². The van der Waals surface area contributed by atoms with Gasteiger partial charge in [-0.05, 0) is 86.5 Å². The lowest BCUT2D eigenvalue weighted by Crippen LogP contribution is -2.61. The fourth-order valence-electron chi connectivity index (χ4n) is 8.87. The first-order chi connectivity index (χ1) is 25.7. The molecular weight excluding hydrogens is 710 g/mol. The van der Waals surface area contributed by atoms with E-state index in [2.05, 4.69) is 15.5 Å². The molecule has 15 nitrogen and oxygen atoms in total. The van der Waals surface area contributed by atoms with Crippen LogP contribution in [-0.2, 0) is 38.1 Å². The molecule has 3 heterocycles. The van der Waals surface area contributed by atoms with Crippen molar-refractivity contribution in [3.05, 3.63) is 0 Å². The van der Waals surface area contributed by atoms with Gasteiger partial charge in [0.25, 0.3) is 0 Å². The number of hydrogen-bond acceptors (Lipinski definition) is 12. The molecule has 0 aromatic carbocycles. The Morgan fingerprint density at radius 3 is 2.44 bits per heavy atom. The molecule has 0 radical (unpaired) electrons. The van der Waals surface area contributed by atoms with E-state index in [1.807, 2.05) is 67.7 Å². The predicted molar refractivity (Wildman–Crippen MR) is 209 cm³/mol. The third kappa shape index (κ3) is 13.3. The van der Waals surface area contributed by atoms with E-state index in [9.17, 15) is 24.6 Å². The second-order valence-electron chi connectivity index (χ2n) is 17.6. The number of hydrogen-bond donors (Lipinski definition) is 4. The summed E-state index contributed by atoms with van der Waals surface area (Å²) in [7, 11) is 11.0. The lowest BCUT2D eigenvalue weighted by molar-refractivity contribution is -0.307. The summed E-state index contributed by atoms with van der Waals surface area (Å²) < 4.78 is 32.5. The molecule has 3 saturated heterocycles. The highest BCUT2D eigenvalue weighted by Crippen LogP contribution is 2.43. The van der Waals surface area contributed by atoms with Gasteiger partial charge in [0.05, 0.1) is 42.7 Å². The Morgan fingerprint density at radius 2 is 1.80 bits per heavy atom. The minimum absolute atomic E-state index is 0.0210. The lowest BCUT2D eigenvalue weighted by Gasteiger charge is -2.50. The Labute approximate surface area is 330 Å². The number of likely N-dealkylation sites (N-methyl/N-ethyl adjacent to an activating group) is 2. The van der Waals surface area contributed by atoms with Crippen LogP contribution in [0.15, 0.2) is 0 Å². The first kappa shape index (κ1) is 47.4. The molecule has 15 heteroatoms. The molecule has 4 N–H and O–H groups in total. The molecule has 3 aliphatic rings. The zero-order valence-corrected chi connectivity index (χ0v) is 35.8. The van der Waals surface area contributed by atoms with Gasteiger partial charge in [0.2, 0.25) is 17.7 Å². The van der Waals surface area contributed by atoms with E-state index >= 15 is 0 Å². The maximum Gasteiger partial charge on any atom is 0.234 e. The van der Waals surface area contributed by atoms with Crippen molar-refractivity contribution in [2.24, 2.45) is 23.7 Å². The van der Waals surface area contributed by atoms with E-state index in [0.29, 0.717) is 71.3 Å². The number of carbonyl (C=O) groups is 3. The third-order valence-electron chi connectivity index (χ3n) is 11.9. The SMILES string of the molecule is CO[C@]1(C)CC([C@H]2[C@H](C)[C@@H](O[C@@H]3O[C@H](C)C[C@H](N(C)C)[C@H]3OCCCNC(=O)CN(C)C)[C@](C)(O)C[C@@H](C)CN(C)C(=O)CCCNC(=O)[C@@H]2C)OC[C@@H]1O. The maximum absolute atomic E-state index is 14.0. The molecule has 3 amide bonds. The summed E-state index contributed by atoms with van der Waals surface area (Å²) in [4.78, 5) is 44.8. The van der Waals surface area contributed by atoms with E-state index in [0.717, 1.165) is 0 Å². The topological polar surface area (TPSA) is 172 Å². The Balaban J connectivity index is 2.05. The van der Waals surface area contributed by atoms with Gasteiger partial charge in [-0.15, -0.1) is 0 Å². The third-order valence-corrected chi connectivity index (χ3v) is 11.9. The van der Waals surface area contributed by atoms with Crippen LogP contribution in [0.4, 0.5) is 0 Å². The number of nitrogens with one attached hydrogen (secondary N) is 2. The van der Waals surface area contributed by atoms with Crippen LogP contribution in [0.2, 0.25) is 0 Å². The first-order valence-electron chi connectivity index (χ1n) is 20.3. The standard InChI is InChI=1S/C40H75N5O10/c1-25-20-39(5,50)36(55-38-35(29(44(9)10)19-26(2)54-38)52-18-14-17-41-32(47)23-43(7)8)27(3)34(30-21-40(6,51-12)31(46)24-53-30)28(4)37(49)42-16-13-15-33(48)45(11)22-25/h25-31,34-36,38,46,50H,13-24H2,1-12H3,(H,41,47)(H,42,49)/t25-,26-,27+,28-,29+,30?,31+,34+,35-,36-,38+,39-,40-/m1/s1. The second kappa shape index (κ2) is 21.2.